The monoisotopic (exact) mass is 520 g/mol. The molecule has 4 aliphatic carbocycles. The predicted molar refractivity (Wildman–Crippen MR) is 138 cm³/mol. The number of aliphatic imine (C=N–C) groups is 1. The first kappa shape index (κ1) is 27.7. The lowest BCUT2D eigenvalue weighted by Gasteiger charge is -2.63. The van der Waals surface area contributed by atoms with Gasteiger partial charge < -0.3 is 30.9 Å². The van der Waals surface area contributed by atoms with Crippen molar-refractivity contribution in [3.05, 3.63) is 34.3 Å². The molecule has 1 aromatic heterocycles. The normalized spacial score (nSPS) is 40.4. The summed E-state index contributed by atoms with van der Waals surface area (Å²) < 4.78 is 11.7. The average Bonchev–Trinajstić information content (AvgIpc) is 3.44. The van der Waals surface area contributed by atoms with E-state index in [1.54, 1.807) is 6.26 Å². The number of nitrogens with zero attached hydrogens (tertiary/aromatic N) is 2. The van der Waals surface area contributed by atoms with Crippen molar-refractivity contribution in [1.29, 1.82) is 0 Å². The summed E-state index contributed by atoms with van der Waals surface area (Å²) >= 11 is 0. The van der Waals surface area contributed by atoms with Crippen LogP contribution in [-0.2, 0) is 4.74 Å². The summed E-state index contributed by atoms with van der Waals surface area (Å²) in [6, 6.07) is 2.12. The average molecular weight is 521 g/mol. The van der Waals surface area contributed by atoms with Crippen LogP contribution >= 0.6 is 0 Å². The van der Waals surface area contributed by atoms with Gasteiger partial charge in [-0.3, -0.25) is 4.99 Å². The van der Waals surface area contributed by atoms with E-state index in [4.69, 9.17) is 35.9 Å². The van der Waals surface area contributed by atoms with Gasteiger partial charge in [0, 0.05) is 18.6 Å². The van der Waals surface area contributed by atoms with Crippen LogP contribution < -0.4 is 11.5 Å². The third kappa shape index (κ3) is 5.19. The van der Waals surface area contributed by atoms with Crippen LogP contribution in [0.3, 0.4) is 0 Å². The number of nitrogens with two attached hydrogens (primary N) is 2. The fraction of sp³-hybridized carbons (Fsp3) is 0.815. The molecule has 0 aliphatic heterocycles. The van der Waals surface area contributed by atoms with Gasteiger partial charge >= 0.3 is 0 Å². The number of furan rings is 1. The number of rotatable bonds is 6. The van der Waals surface area contributed by atoms with Crippen molar-refractivity contribution >= 4 is 5.96 Å². The molecule has 1 aromatic rings. The summed E-state index contributed by atoms with van der Waals surface area (Å²) in [5, 5.41) is 26.0. The summed E-state index contributed by atoms with van der Waals surface area (Å²) in [4.78, 5) is 12.4. The van der Waals surface area contributed by atoms with Crippen molar-refractivity contribution in [3.8, 4) is 0 Å². The Morgan fingerprint density at radius 3 is 2.62 bits per heavy atom. The minimum Gasteiger partial charge on any atom is -0.472 e. The van der Waals surface area contributed by atoms with E-state index in [1.165, 1.54) is 24.8 Å². The van der Waals surface area contributed by atoms with Gasteiger partial charge in [-0.15, -0.1) is 10.1 Å². The summed E-state index contributed by atoms with van der Waals surface area (Å²) in [5.41, 5.74) is 11.8. The second-order valence-corrected chi connectivity index (χ2v) is 12.2. The van der Waals surface area contributed by atoms with E-state index in [9.17, 15) is 5.11 Å². The summed E-state index contributed by atoms with van der Waals surface area (Å²) in [6.07, 6.45) is 15.2. The van der Waals surface area contributed by atoms with Gasteiger partial charge in [0.05, 0.1) is 24.2 Å². The van der Waals surface area contributed by atoms with Gasteiger partial charge in [0.15, 0.2) is 5.96 Å². The maximum absolute atomic E-state index is 12.3. The molecule has 3 unspecified atom stereocenters. The van der Waals surface area contributed by atoms with Crippen molar-refractivity contribution in [3.63, 3.8) is 0 Å². The Balaban J connectivity index is 0.000000747. The highest BCUT2D eigenvalue weighted by Crippen LogP contribution is 2.70. The SMILES string of the molecule is C[C@]12CCC(OCCCN=C(N)N)CC1CC[C@@H]1[C@H]2CC[C@]2(C)C(c3ccoc3)CC[C@@]12O.O=[N+]([O-])O. The first-order chi connectivity index (χ1) is 17.5. The minimum atomic E-state index is -1.50. The van der Waals surface area contributed by atoms with E-state index >= 15 is 0 Å². The molecule has 10 nitrogen and oxygen atoms in total. The van der Waals surface area contributed by atoms with Gasteiger partial charge in [0.25, 0.3) is 5.09 Å². The maximum Gasteiger partial charge on any atom is 0.291 e. The second kappa shape index (κ2) is 10.8. The molecule has 4 aliphatic rings. The topological polar surface area (TPSA) is 170 Å². The zero-order chi connectivity index (χ0) is 26.8. The predicted octanol–water partition coefficient (Wildman–Crippen LogP) is 4.22. The quantitative estimate of drug-likeness (QED) is 0.142. The molecule has 8 atom stereocenters. The fourth-order valence-electron chi connectivity index (χ4n) is 8.87. The highest BCUT2D eigenvalue weighted by atomic mass is 16.9. The van der Waals surface area contributed by atoms with Crippen LogP contribution in [0.5, 0.6) is 0 Å². The second-order valence-electron chi connectivity index (χ2n) is 12.2. The minimum absolute atomic E-state index is 0.0447. The van der Waals surface area contributed by atoms with E-state index in [1.807, 2.05) is 6.26 Å². The first-order valence-electron chi connectivity index (χ1n) is 13.8. The number of hydrogen-bond acceptors (Lipinski definition) is 6. The molecular formula is C27H44N4O6. The van der Waals surface area contributed by atoms with E-state index in [0.29, 0.717) is 41.7 Å². The van der Waals surface area contributed by atoms with Crippen molar-refractivity contribution in [1.82, 2.24) is 0 Å². The Labute approximate surface area is 218 Å². The van der Waals surface area contributed by atoms with Crippen LogP contribution in [-0.4, -0.2) is 46.2 Å². The standard InChI is InChI=1S/C27H43N3O3.HNO3/c1-25-10-6-20(33-14-3-13-30-24(28)29)16-19(25)4-5-23-22(25)7-11-26(2)21(8-12-27(23,26)31)18-9-15-32-17-18;2-1(3)4/h9,15,17,19-23,31H,3-8,10-14,16H2,1-2H3,(H4,28,29,30);(H,2,3,4)/t19?,20?,21?,22-,23-,25+,26-,27-;/m1./s1. The van der Waals surface area contributed by atoms with Gasteiger partial charge in [-0.05, 0) is 105 Å². The van der Waals surface area contributed by atoms with Crippen molar-refractivity contribution < 1.29 is 24.6 Å². The molecule has 37 heavy (non-hydrogen) atoms. The van der Waals surface area contributed by atoms with Crippen LogP contribution in [0.1, 0.15) is 89.5 Å². The van der Waals surface area contributed by atoms with E-state index < -0.39 is 10.7 Å². The molecule has 0 saturated heterocycles. The highest BCUT2D eigenvalue weighted by Gasteiger charge is 2.67. The lowest BCUT2D eigenvalue weighted by molar-refractivity contribution is -0.742. The lowest BCUT2D eigenvalue weighted by atomic mass is 9.43. The Morgan fingerprint density at radius 2 is 1.95 bits per heavy atom. The van der Waals surface area contributed by atoms with Crippen molar-refractivity contribution in [2.75, 3.05) is 13.2 Å². The Morgan fingerprint density at radius 1 is 1.19 bits per heavy atom. The first-order valence-corrected chi connectivity index (χ1v) is 13.8. The van der Waals surface area contributed by atoms with Crippen LogP contribution in [0.4, 0.5) is 0 Å². The third-order valence-corrected chi connectivity index (χ3v) is 10.7. The van der Waals surface area contributed by atoms with Crippen LogP contribution in [0.2, 0.25) is 0 Å². The highest BCUT2D eigenvalue weighted by molar-refractivity contribution is 5.75. The number of guanidine groups is 1. The van der Waals surface area contributed by atoms with E-state index in [2.05, 4.69) is 24.9 Å². The van der Waals surface area contributed by atoms with Gasteiger partial charge in [0.2, 0.25) is 0 Å². The number of hydrogen-bond donors (Lipinski definition) is 4. The Kier molecular flexibility index (Phi) is 8.09. The van der Waals surface area contributed by atoms with E-state index in [0.717, 1.165) is 51.6 Å². The third-order valence-electron chi connectivity index (χ3n) is 10.7. The van der Waals surface area contributed by atoms with Gasteiger partial charge in [0.1, 0.15) is 0 Å². The zero-order valence-corrected chi connectivity index (χ0v) is 22.2. The molecule has 10 heteroatoms. The van der Waals surface area contributed by atoms with E-state index in [-0.39, 0.29) is 11.4 Å². The number of aliphatic hydroxyl groups is 1. The molecule has 6 N–H and O–H groups in total. The molecule has 208 valence electrons. The van der Waals surface area contributed by atoms with Crippen LogP contribution in [0.25, 0.3) is 0 Å². The molecule has 4 fully saturated rings. The zero-order valence-electron chi connectivity index (χ0n) is 22.2. The molecule has 0 bridgehead atoms. The van der Waals surface area contributed by atoms with Crippen molar-refractivity contribution in [2.45, 2.75) is 95.7 Å². The van der Waals surface area contributed by atoms with Gasteiger partial charge in [-0.2, -0.15) is 0 Å². The Hall–Kier alpha value is -2.33. The molecule has 0 amide bonds. The number of fused-ring (bicyclic) bond motifs is 5. The molecule has 4 saturated carbocycles. The lowest BCUT2D eigenvalue weighted by Crippen LogP contribution is -2.62. The fourth-order valence-corrected chi connectivity index (χ4v) is 8.87. The number of ether oxygens (including phenoxy) is 1. The maximum atomic E-state index is 12.3. The van der Waals surface area contributed by atoms with Crippen LogP contribution in [0, 0.1) is 38.7 Å². The molecule has 5 rings (SSSR count). The van der Waals surface area contributed by atoms with Gasteiger partial charge in [-0.1, -0.05) is 13.8 Å². The molecule has 0 radical (unpaired) electrons. The largest absolute Gasteiger partial charge is 0.472 e. The summed E-state index contributed by atoms with van der Waals surface area (Å²) in [7, 11) is 0. The van der Waals surface area contributed by atoms with Gasteiger partial charge in [-0.25, -0.2) is 0 Å². The molecule has 0 aromatic carbocycles. The smallest absolute Gasteiger partial charge is 0.291 e. The van der Waals surface area contributed by atoms with Crippen molar-refractivity contribution in [2.24, 2.45) is 45.0 Å². The summed E-state index contributed by atoms with van der Waals surface area (Å²) in [5.74, 6) is 2.32. The molecular weight excluding hydrogens is 476 g/mol. The summed E-state index contributed by atoms with van der Waals surface area (Å²) in [6.45, 7) is 6.27. The molecule has 0 spiro atoms. The van der Waals surface area contributed by atoms with Crippen LogP contribution in [0.15, 0.2) is 28.0 Å². The Bertz CT molecular complexity index is 949. The molecule has 1 heterocycles.